The molecule has 0 saturated carbocycles. The van der Waals surface area contributed by atoms with E-state index >= 15 is 0 Å². The van der Waals surface area contributed by atoms with Crippen LogP contribution in [0.4, 0.5) is 0 Å². The zero-order chi connectivity index (χ0) is 14.3. The van der Waals surface area contributed by atoms with E-state index in [1.54, 1.807) is 0 Å². The van der Waals surface area contributed by atoms with Gasteiger partial charge in [0.15, 0.2) is 0 Å². The number of aliphatic hydroxyl groups excluding tert-OH is 1. The summed E-state index contributed by atoms with van der Waals surface area (Å²) in [5, 5.41) is 13.7. The highest BCUT2D eigenvalue weighted by Gasteiger charge is 2.11. The molecule has 0 aliphatic carbocycles. The van der Waals surface area contributed by atoms with Crippen molar-refractivity contribution in [2.45, 2.75) is 65.0 Å². The minimum absolute atomic E-state index is 0.410. The van der Waals surface area contributed by atoms with Gasteiger partial charge in [0.05, 0.1) is 6.10 Å². The third-order valence-corrected chi connectivity index (χ3v) is 3.72. The third kappa shape index (κ3) is 5.33. The molecule has 2 nitrogen and oxygen atoms in total. The number of aliphatic hydroxyl groups is 1. The first-order chi connectivity index (χ1) is 9.08. The molecule has 0 radical (unpaired) electrons. The summed E-state index contributed by atoms with van der Waals surface area (Å²) >= 11 is 0. The van der Waals surface area contributed by atoms with E-state index in [1.807, 2.05) is 12.1 Å². The third-order valence-electron chi connectivity index (χ3n) is 3.72. The Bertz CT molecular complexity index is 345. The summed E-state index contributed by atoms with van der Waals surface area (Å²) in [6.07, 6.45) is 3.07. The number of rotatable bonds is 8. The average Bonchev–Trinajstić information content (AvgIpc) is 2.43. The molecular weight excluding hydrogens is 234 g/mol. The molecule has 1 aromatic rings. The Hall–Kier alpha value is -0.860. The van der Waals surface area contributed by atoms with E-state index in [0.717, 1.165) is 12.0 Å². The summed E-state index contributed by atoms with van der Waals surface area (Å²) < 4.78 is 0. The van der Waals surface area contributed by atoms with Gasteiger partial charge in [-0.15, -0.1) is 0 Å². The summed E-state index contributed by atoms with van der Waals surface area (Å²) in [5.74, 6) is 0.540. The zero-order valence-corrected chi connectivity index (χ0v) is 12.8. The van der Waals surface area contributed by atoms with Gasteiger partial charge in [-0.05, 0) is 29.9 Å². The van der Waals surface area contributed by atoms with Crippen LogP contribution in [-0.2, 0) is 0 Å². The Morgan fingerprint density at radius 1 is 1.05 bits per heavy atom. The van der Waals surface area contributed by atoms with Gasteiger partial charge in [0, 0.05) is 12.6 Å². The van der Waals surface area contributed by atoms with Crippen molar-refractivity contribution in [3.63, 3.8) is 0 Å². The highest BCUT2D eigenvalue weighted by atomic mass is 16.3. The first-order valence-corrected chi connectivity index (χ1v) is 7.59. The summed E-state index contributed by atoms with van der Waals surface area (Å²) in [7, 11) is 0. The number of nitrogens with one attached hydrogen (secondary N) is 1. The van der Waals surface area contributed by atoms with Crippen LogP contribution in [0.3, 0.4) is 0 Å². The van der Waals surface area contributed by atoms with E-state index in [1.165, 1.54) is 18.4 Å². The fourth-order valence-electron chi connectivity index (χ4n) is 2.30. The van der Waals surface area contributed by atoms with E-state index < -0.39 is 6.10 Å². The quantitative estimate of drug-likeness (QED) is 0.742. The molecule has 108 valence electrons. The Morgan fingerprint density at radius 3 is 2.11 bits per heavy atom. The molecule has 0 amide bonds. The van der Waals surface area contributed by atoms with Crippen molar-refractivity contribution in [3.8, 4) is 0 Å². The highest BCUT2D eigenvalue weighted by molar-refractivity contribution is 5.26. The van der Waals surface area contributed by atoms with E-state index in [0.29, 0.717) is 18.5 Å². The standard InChI is InChI=1S/C17H29NO/c1-5-7-16(6-2)18-12-17(19)15-10-8-14(9-11-15)13(3)4/h8-11,13,16-19H,5-7,12H2,1-4H3. The minimum Gasteiger partial charge on any atom is -0.387 e. The van der Waals surface area contributed by atoms with Gasteiger partial charge in [-0.3, -0.25) is 0 Å². The van der Waals surface area contributed by atoms with Crippen LogP contribution < -0.4 is 5.32 Å². The molecule has 0 spiro atoms. The molecule has 1 aromatic carbocycles. The van der Waals surface area contributed by atoms with Gasteiger partial charge in [0.25, 0.3) is 0 Å². The van der Waals surface area contributed by atoms with Crippen molar-refractivity contribution in [1.82, 2.24) is 5.32 Å². The summed E-state index contributed by atoms with van der Waals surface area (Å²) in [6.45, 7) is 9.40. The molecule has 2 N–H and O–H groups in total. The van der Waals surface area contributed by atoms with Crippen molar-refractivity contribution >= 4 is 0 Å². The lowest BCUT2D eigenvalue weighted by atomic mass is 10.00. The maximum Gasteiger partial charge on any atom is 0.0914 e. The smallest absolute Gasteiger partial charge is 0.0914 e. The first kappa shape index (κ1) is 16.2. The van der Waals surface area contributed by atoms with Crippen molar-refractivity contribution in [3.05, 3.63) is 35.4 Å². The van der Waals surface area contributed by atoms with Gasteiger partial charge in [0.1, 0.15) is 0 Å². The SMILES string of the molecule is CCCC(CC)NCC(O)c1ccc(C(C)C)cc1. The molecule has 0 fully saturated rings. The Labute approximate surface area is 118 Å². The number of benzene rings is 1. The summed E-state index contributed by atoms with van der Waals surface area (Å²) in [6, 6.07) is 8.85. The zero-order valence-electron chi connectivity index (χ0n) is 12.8. The fraction of sp³-hybridized carbons (Fsp3) is 0.647. The Morgan fingerprint density at radius 2 is 1.63 bits per heavy atom. The van der Waals surface area contributed by atoms with Gasteiger partial charge < -0.3 is 10.4 Å². The average molecular weight is 263 g/mol. The number of hydrogen-bond donors (Lipinski definition) is 2. The van der Waals surface area contributed by atoms with Gasteiger partial charge in [-0.1, -0.05) is 58.4 Å². The lowest BCUT2D eigenvalue weighted by Gasteiger charge is -2.19. The summed E-state index contributed by atoms with van der Waals surface area (Å²) in [4.78, 5) is 0. The van der Waals surface area contributed by atoms with E-state index in [2.05, 4.69) is 45.1 Å². The Kier molecular flexibility index (Phi) is 7.11. The molecule has 2 atom stereocenters. The van der Waals surface area contributed by atoms with Crippen molar-refractivity contribution in [1.29, 1.82) is 0 Å². The van der Waals surface area contributed by atoms with Gasteiger partial charge in [-0.25, -0.2) is 0 Å². The first-order valence-electron chi connectivity index (χ1n) is 7.59. The van der Waals surface area contributed by atoms with Gasteiger partial charge in [0.2, 0.25) is 0 Å². The van der Waals surface area contributed by atoms with Crippen LogP contribution in [0.25, 0.3) is 0 Å². The molecule has 0 heterocycles. The van der Waals surface area contributed by atoms with Crippen LogP contribution in [0.15, 0.2) is 24.3 Å². The predicted octanol–water partition coefficient (Wildman–Crippen LogP) is 4.01. The van der Waals surface area contributed by atoms with Crippen LogP contribution in [0.5, 0.6) is 0 Å². The lowest BCUT2D eigenvalue weighted by molar-refractivity contribution is 0.168. The topological polar surface area (TPSA) is 32.3 Å². The minimum atomic E-state index is -0.410. The van der Waals surface area contributed by atoms with Crippen LogP contribution in [0.1, 0.15) is 70.1 Å². The monoisotopic (exact) mass is 263 g/mol. The molecule has 19 heavy (non-hydrogen) atoms. The highest BCUT2D eigenvalue weighted by Crippen LogP contribution is 2.18. The molecule has 0 aliphatic heterocycles. The van der Waals surface area contributed by atoms with Crippen LogP contribution in [0, 0.1) is 0 Å². The van der Waals surface area contributed by atoms with E-state index in [4.69, 9.17) is 0 Å². The van der Waals surface area contributed by atoms with Crippen LogP contribution in [0.2, 0.25) is 0 Å². The maximum absolute atomic E-state index is 10.2. The maximum atomic E-state index is 10.2. The molecule has 0 saturated heterocycles. The van der Waals surface area contributed by atoms with Crippen LogP contribution >= 0.6 is 0 Å². The van der Waals surface area contributed by atoms with Gasteiger partial charge >= 0.3 is 0 Å². The predicted molar refractivity (Wildman–Crippen MR) is 82.5 cm³/mol. The molecule has 2 unspecified atom stereocenters. The lowest BCUT2D eigenvalue weighted by Crippen LogP contribution is -2.32. The van der Waals surface area contributed by atoms with Crippen molar-refractivity contribution < 1.29 is 5.11 Å². The van der Waals surface area contributed by atoms with Crippen molar-refractivity contribution in [2.75, 3.05) is 6.54 Å². The molecule has 1 rings (SSSR count). The molecule has 0 aliphatic rings. The second kappa shape index (κ2) is 8.34. The Balaban J connectivity index is 2.50. The second-order valence-electron chi connectivity index (χ2n) is 5.64. The molecular formula is C17H29NO. The molecule has 0 bridgehead atoms. The fourth-order valence-corrected chi connectivity index (χ4v) is 2.30. The molecule has 0 aromatic heterocycles. The molecule has 2 heteroatoms. The van der Waals surface area contributed by atoms with E-state index in [9.17, 15) is 5.11 Å². The summed E-state index contributed by atoms with van der Waals surface area (Å²) in [5.41, 5.74) is 2.32. The number of hydrogen-bond acceptors (Lipinski definition) is 2. The largest absolute Gasteiger partial charge is 0.387 e. The van der Waals surface area contributed by atoms with Crippen molar-refractivity contribution in [2.24, 2.45) is 0 Å². The van der Waals surface area contributed by atoms with Crippen LogP contribution in [-0.4, -0.2) is 17.7 Å². The van der Waals surface area contributed by atoms with Gasteiger partial charge in [-0.2, -0.15) is 0 Å². The van der Waals surface area contributed by atoms with E-state index in [-0.39, 0.29) is 0 Å². The second-order valence-corrected chi connectivity index (χ2v) is 5.64. The normalized spacial score (nSPS) is 14.6.